The van der Waals surface area contributed by atoms with E-state index < -0.39 is 5.60 Å². The van der Waals surface area contributed by atoms with Crippen LogP contribution in [-0.2, 0) is 0 Å². The molecule has 1 N–H and O–H groups in total. The van der Waals surface area contributed by atoms with Gasteiger partial charge in [0.25, 0.3) is 0 Å². The molecular weight excluding hydrogens is 348 g/mol. The lowest BCUT2D eigenvalue weighted by molar-refractivity contribution is 0.0482. The van der Waals surface area contributed by atoms with E-state index in [-0.39, 0.29) is 25.0 Å². The van der Waals surface area contributed by atoms with Gasteiger partial charge in [0.2, 0.25) is 6.79 Å². The fourth-order valence-electron chi connectivity index (χ4n) is 3.87. The molecule has 0 aliphatic carbocycles. The molecular formula is C20H18N2O5. The monoisotopic (exact) mass is 366 g/mol. The van der Waals surface area contributed by atoms with Crippen molar-refractivity contribution >= 4 is 17.5 Å². The van der Waals surface area contributed by atoms with Crippen molar-refractivity contribution in [2.24, 2.45) is 0 Å². The van der Waals surface area contributed by atoms with Crippen molar-refractivity contribution in [2.75, 3.05) is 25.2 Å². The normalized spacial score (nSPS) is 22.5. The minimum absolute atomic E-state index is 0.0647. The van der Waals surface area contributed by atoms with Crippen molar-refractivity contribution in [3.63, 3.8) is 0 Å². The van der Waals surface area contributed by atoms with Crippen LogP contribution in [0.4, 0.5) is 10.5 Å². The summed E-state index contributed by atoms with van der Waals surface area (Å²) in [5, 5.41) is 2.88. The maximum Gasteiger partial charge on any atom is 0.321 e. The van der Waals surface area contributed by atoms with Gasteiger partial charge < -0.3 is 24.4 Å². The fraction of sp³-hybridized carbons (Fsp3) is 0.300. The number of hydrogen-bond acceptors (Lipinski definition) is 5. The topological polar surface area (TPSA) is 77.1 Å². The van der Waals surface area contributed by atoms with Gasteiger partial charge in [0.05, 0.1) is 18.5 Å². The third-order valence-electron chi connectivity index (χ3n) is 5.22. The number of urea groups is 1. The van der Waals surface area contributed by atoms with E-state index in [0.717, 1.165) is 0 Å². The first-order valence-electron chi connectivity index (χ1n) is 8.89. The number of nitrogens with zero attached hydrogens (tertiary/aromatic N) is 1. The molecule has 3 aliphatic heterocycles. The van der Waals surface area contributed by atoms with Crippen molar-refractivity contribution in [3.8, 4) is 17.2 Å². The molecule has 7 heteroatoms. The average Bonchev–Trinajstić information content (AvgIpc) is 3.28. The van der Waals surface area contributed by atoms with Gasteiger partial charge in [0.15, 0.2) is 17.3 Å². The number of hydrogen-bond donors (Lipinski definition) is 1. The summed E-state index contributed by atoms with van der Waals surface area (Å²) in [6.45, 7) is 1.10. The molecule has 0 aromatic heterocycles. The van der Waals surface area contributed by atoms with E-state index in [1.54, 1.807) is 29.2 Å². The molecule has 2 aromatic carbocycles. The Kier molecular flexibility index (Phi) is 3.50. The number of fused-ring (bicyclic) bond motifs is 2. The Hall–Kier alpha value is -3.22. The summed E-state index contributed by atoms with van der Waals surface area (Å²) in [6.07, 6.45) is 0.916. The number of para-hydroxylation sites is 1. The molecule has 3 aliphatic rings. The van der Waals surface area contributed by atoms with Crippen LogP contribution in [0, 0.1) is 0 Å². The van der Waals surface area contributed by atoms with Gasteiger partial charge >= 0.3 is 6.03 Å². The van der Waals surface area contributed by atoms with Crippen LogP contribution in [0.1, 0.15) is 23.2 Å². The third-order valence-corrected chi connectivity index (χ3v) is 5.22. The van der Waals surface area contributed by atoms with E-state index in [1.165, 1.54) is 0 Å². The minimum atomic E-state index is -0.641. The summed E-state index contributed by atoms with van der Waals surface area (Å²) < 4.78 is 16.8. The van der Waals surface area contributed by atoms with Crippen LogP contribution in [0.5, 0.6) is 17.2 Å². The molecule has 0 saturated carbocycles. The molecule has 1 fully saturated rings. The van der Waals surface area contributed by atoms with Crippen LogP contribution in [0.15, 0.2) is 42.5 Å². The molecule has 27 heavy (non-hydrogen) atoms. The largest absolute Gasteiger partial charge is 0.484 e. The SMILES string of the molecule is O=C1CC2(CCN(C(=O)Nc3ccc4c(c3)OCO4)C2)Oc2ccccc21. The zero-order chi connectivity index (χ0) is 18.4. The van der Waals surface area contributed by atoms with E-state index in [4.69, 9.17) is 14.2 Å². The van der Waals surface area contributed by atoms with Crippen LogP contribution in [0.25, 0.3) is 0 Å². The second-order valence-electron chi connectivity index (χ2n) is 7.05. The highest BCUT2D eigenvalue weighted by Crippen LogP contribution is 2.39. The molecule has 0 bridgehead atoms. The number of Topliss-reactive ketones (excluding diaryl/α,β-unsaturated/α-hetero) is 1. The second-order valence-corrected chi connectivity index (χ2v) is 7.05. The smallest absolute Gasteiger partial charge is 0.321 e. The lowest BCUT2D eigenvalue weighted by Crippen LogP contribution is -2.45. The molecule has 1 unspecified atom stereocenters. The molecule has 1 atom stereocenters. The second kappa shape index (κ2) is 5.90. The van der Waals surface area contributed by atoms with Crippen molar-refractivity contribution in [1.29, 1.82) is 0 Å². The zero-order valence-corrected chi connectivity index (χ0v) is 14.6. The number of anilines is 1. The molecule has 7 nitrogen and oxygen atoms in total. The predicted octanol–water partition coefficient (Wildman–Crippen LogP) is 3.06. The standard InChI is InChI=1S/C20H18N2O5/c23-15-10-20(27-16-4-2-1-3-14(15)16)7-8-22(11-20)19(24)21-13-5-6-17-18(9-13)26-12-25-17/h1-6,9H,7-8,10-12H2,(H,21,24). The summed E-state index contributed by atoms with van der Waals surface area (Å²) in [6, 6.07) is 12.3. The van der Waals surface area contributed by atoms with E-state index in [2.05, 4.69) is 5.32 Å². The number of likely N-dealkylation sites (tertiary alicyclic amines) is 1. The number of rotatable bonds is 1. The summed E-state index contributed by atoms with van der Waals surface area (Å²) in [7, 11) is 0. The van der Waals surface area contributed by atoms with Gasteiger partial charge in [-0.25, -0.2) is 4.79 Å². The van der Waals surface area contributed by atoms with Gasteiger partial charge in [0, 0.05) is 24.7 Å². The summed E-state index contributed by atoms with van der Waals surface area (Å²) in [5.41, 5.74) is 0.611. The number of carbonyl (C=O) groups excluding carboxylic acids is 2. The first-order chi connectivity index (χ1) is 13.1. The van der Waals surface area contributed by atoms with Gasteiger partial charge in [-0.15, -0.1) is 0 Å². The van der Waals surface area contributed by atoms with Gasteiger partial charge in [-0.2, -0.15) is 0 Å². The van der Waals surface area contributed by atoms with Gasteiger partial charge in [-0.1, -0.05) is 12.1 Å². The number of amides is 2. The molecule has 0 radical (unpaired) electrons. The first-order valence-corrected chi connectivity index (χ1v) is 8.89. The van der Waals surface area contributed by atoms with Crippen LogP contribution < -0.4 is 19.5 Å². The number of ether oxygens (including phenoxy) is 3. The minimum Gasteiger partial charge on any atom is -0.484 e. The third kappa shape index (κ3) is 2.75. The van der Waals surface area contributed by atoms with E-state index in [9.17, 15) is 9.59 Å². The fourth-order valence-corrected chi connectivity index (χ4v) is 3.87. The highest BCUT2D eigenvalue weighted by molar-refractivity contribution is 6.00. The number of benzene rings is 2. The zero-order valence-electron chi connectivity index (χ0n) is 14.6. The molecule has 1 saturated heterocycles. The Bertz CT molecular complexity index is 944. The van der Waals surface area contributed by atoms with Crippen molar-refractivity contribution in [2.45, 2.75) is 18.4 Å². The van der Waals surface area contributed by atoms with Crippen molar-refractivity contribution < 1.29 is 23.8 Å². The summed E-state index contributed by atoms with van der Waals surface area (Å²) >= 11 is 0. The van der Waals surface area contributed by atoms with E-state index >= 15 is 0 Å². The van der Waals surface area contributed by atoms with Crippen LogP contribution in [0.3, 0.4) is 0 Å². The van der Waals surface area contributed by atoms with Crippen molar-refractivity contribution in [1.82, 2.24) is 4.90 Å². The van der Waals surface area contributed by atoms with Crippen LogP contribution in [-0.4, -0.2) is 42.2 Å². The number of ketones is 1. The maximum absolute atomic E-state index is 12.7. The molecule has 1 spiro atoms. The highest BCUT2D eigenvalue weighted by atomic mass is 16.7. The number of carbonyl (C=O) groups is 2. The Balaban J connectivity index is 1.29. The molecule has 5 rings (SSSR count). The van der Waals surface area contributed by atoms with E-state index in [1.807, 2.05) is 18.2 Å². The Morgan fingerprint density at radius 3 is 2.85 bits per heavy atom. The quantitative estimate of drug-likeness (QED) is 0.839. The highest BCUT2D eigenvalue weighted by Gasteiger charge is 2.47. The molecule has 3 heterocycles. The van der Waals surface area contributed by atoms with Gasteiger partial charge in [-0.3, -0.25) is 4.79 Å². The van der Waals surface area contributed by atoms with Gasteiger partial charge in [0.1, 0.15) is 11.4 Å². The maximum atomic E-state index is 12.7. The molecule has 2 amide bonds. The van der Waals surface area contributed by atoms with Crippen LogP contribution in [0.2, 0.25) is 0 Å². The summed E-state index contributed by atoms with van der Waals surface area (Å²) in [5.74, 6) is 1.95. The van der Waals surface area contributed by atoms with Gasteiger partial charge in [-0.05, 0) is 24.3 Å². The van der Waals surface area contributed by atoms with E-state index in [0.29, 0.717) is 48.0 Å². The average molecular weight is 366 g/mol. The Morgan fingerprint density at radius 1 is 1.07 bits per heavy atom. The van der Waals surface area contributed by atoms with Crippen molar-refractivity contribution in [3.05, 3.63) is 48.0 Å². The lowest BCUT2D eigenvalue weighted by atomic mass is 9.89. The Labute approximate surface area is 155 Å². The predicted molar refractivity (Wildman–Crippen MR) is 96.5 cm³/mol. The lowest BCUT2D eigenvalue weighted by Gasteiger charge is -2.34. The number of nitrogens with one attached hydrogen (secondary N) is 1. The summed E-state index contributed by atoms with van der Waals surface area (Å²) in [4.78, 5) is 26.9. The molecule has 2 aromatic rings. The molecule has 138 valence electrons. The Morgan fingerprint density at radius 2 is 1.93 bits per heavy atom. The van der Waals surface area contributed by atoms with Crippen LogP contribution >= 0.6 is 0 Å². The first kappa shape index (κ1) is 16.0.